The van der Waals surface area contributed by atoms with Crippen LogP contribution in [0.25, 0.3) is 0 Å². The molecule has 8 heteroatoms. The Morgan fingerprint density at radius 1 is 1.22 bits per heavy atom. The zero-order chi connectivity index (χ0) is 20.0. The van der Waals surface area contributed by atoms with Gasteiger partial charge in [0, 0.05) is 13.0 Å². The summed E-state index contributed by atoms with van der Waals surface area (Å²) in [5.74, 6) is -1.26. The molecule has 4 amide bonds. The van der Waals surface area contributed by atoms with E-state index in [4.69, 9.17) is 4.74 Å². The van der Waals surface area contributed by atoms with E-state index in [2.05, 4.69) is 10.6 Å². The summed E-state index contributed by atoms with van der Waals surface area (Å²) in [6.45, 7) is 5.48. The standard InChI is InChI=1S/C19H25N3O5/c1-4-27-16(24)6-5-11-20-15(23)12-22-17(25)19(3,21-18(22)26)14-9-7-13(2)8-10-14/h7-10H,4-6,11-12H2,1-3H3,(H,20,23)(H,21,26)/t19-/m1/s1. The first-order valence-electron chi connectivity index (χ1n) is 8.91. The van der Waals surface area contributed by atoms with Crippen LogP contribution in [-0.2, 0) is 24.7 Å². The molecule has 1 atom stereocenters. The van der Waals surface area contributed by atoms with E-state index in [-0.39, 0.29) is 25.5 Å². The first-order valence-corrected chi connectivity index (χ1v) is 8.91. The summed E-state index contributed by atoms with van der Waals surface area (Å²) in [5.41, 5.74) is 0.497. The molecule has 1 aliphatic rings. The van der Waals surface area contributed by atoms with Gasteiger partial charge in [0.1, 0.15) is 12.1 Å². The van der Waals surface area contributed by atoms with Crippen molar-refractivity contribution in [2.24, 2.45) is 0 Å². The van der Waals surface area contributed by atoms with Crippen LogP contribution >= 0.6 is 0 Å². The Hall–Kier alpha value is -2.90. The predicted octanol–water partition coefficient (Wildman–Crippen LogP) is 1.22. The maximum absolute atomic E-state index is 12.8. The lowest BCUT2D eigenvalue weighted by atomic mass is 9.91. The number of rotatable bonds is 8. The molecule has 0 saturated carbocycles. The van der Waals surface area contributed by atoms with Gasteiger partial charge in [-0.3, -0.25) is 19.3 Å². The Balaban J connectivity index is 1.90. The van der Waals surface area contributed by atoms with Crippen LogP contribution in [0.4, 0.5) is 4.79 Å². The lowest BCUT2D eigenvalue weighted by Gasteiger charge is -2.22. The van der Waals surface area contributed by atoms with E-state index in [1.54, 1.807) is 26.0 Å². The van der Waals surface area contributed by atoms with E-state index in [9.17, 15) is 19.2 Å². The molecule has 0 unspecified atom stereocenters. The van der Waals surface area contributed by atoms with Gasteiger partial charge in [-0.1, -0.05) is 29.8 Å². The molecular formula is C19H25N3O5. The van der Waals surface area contributed by atoms with Crippen LogP contribution in [-0.4, -0.2) is 48.4 Å². The summed E-state index contributed by atoms with van der Waals surface area (Å²) >= 11 is 0. The Bertz CT molecular complexity index is 731. The van der Waals surface area contributed by atoms with E-state index in [0.29, 0.717) is 18.6 Å². The summed E-state index contributed by atoms with van der Waals surface area (Å²) in [6.07, 6.45) is 0.620. The van der Waals surface area contributed by atoms with Crippen LogP contribution in [0.5, 0.6) is 0 Å². The van der Waals surface area contributed by atoms with Crippen molar-refractivity contribution >= 4 is 23.8 Å². The van der Waals surface area contributed by atoms with E-state index in [1.165, 1.54) is 0 Å². The zero-order valence-corrected chi connectivity index (χ0v) is 15.8. The Morgan fingerprint density at radius 3 is 2.52 bits per heavy atom. The smallest absolute Gasteiger partial charge is 0.325 e. The summed E-state index contributed by atoms with van der Waals surface area (Å²) in [4.78, 5) is 49.2. The molecule has 2 rings (SSSR count). The molecule has 0 spiro atoms. The zero-order valence-electron chi connectivity index (χ0n) is 15.8. The second-order valence-corrected chi connectivity index (χ2v) is 6.57. The van der Waals surface area contributed by atoms with Gasteiger partial charge in [-0.05, 0) is 32.8 Å². The number of nitrogens with one attached hydrogen (secondary N) is 2. The van der Waals surface area contributed by atoms with Crippen LogP contribution < -0.4 is 10.6 Å². The molecule has 0 aromatic heterocycles. The molecule has 1 heterocycles. The number of carbonyl (C=O) groups is 4. The lowest BCUT2D eigenvalue weighted by Crippen LogP contribution is -2.43. The maximum atomic E-state index is 12.8. The van der Waals surface area contributed by atoms with Gasteiger partial charge in [-0.2, -0.15) is 0 Å². The molecule has 0 radical (unpaired) electrons. The van der Waals surface area contributed by atoms with Crippen molar-refractivity contribution in [2.45, 2.75) is 39.2 Å². The van der Waals surface area contributed by atoms with Crippen LogP contribution in [0.2, 0.25) is 0 Å². The predicted molar refractivity (Wildman–Crippen MR) is 97.7 cm³/mol. The molecule has 1 aromatic carbocycles. The molecular weight excluding hydrogens is 350 g/mol. The molecule has 1 aliphatic heterocycles. The third-order valence-corrected chi connectivity index (χ3v) is 4.39. The van der Waals surface area contributed by atoms with Crippen molar-refractivity contribution in [1.82, 2.24) is 15.5 Å². The fourth-order valence-electron chi connectivity index (χ4n) is 2.82. The monoisotopic (exact) mass is 375 g/mol. The van der Waals surface area contributed by atoms with Crippen LogP contribution in [0.3, 0.4) is 0 Å². The summed E-state index contributed by atoms with van der Waals surface area (Å²) < 4.78 is 4.80. The fourth-order valence-corrected chi connectivity index (χ4v) is 2.82. The Labute approximate surface area is 158 Å². The number of urea groups is 1. The van der Waals surface area contributed by atoms with E-state index in [1.807, 2.05) is 19.1 Å². The summed E-state index contributed by atoms with van der Waals surface area (Å²) in [6, 6.07) is 6.68. The number of nitrogens with zero attached hydrogens (tertiary/aromatic N) is 1. The number of hydrogen-bond donors (Lipinski definition) is 2. The van der Waals surface area contributed by atoms with Gasteiger partial charge < -0.3 is 15.4 Å². The van der Waals surface area contributed by atoms with Crippen molar-refractivity contribution in [2.75, 3.05) is 19.7 Å². The largest absolute Gasteiger partial charge is 0.466 e. The average molecular weight is 375 g/mol. The second kappa shape index (κ2) is 8.66. The molecule has 0 aliphatic carbocycles. The lowest BCUT2D eigenvalue weighted by molar-refractivity contribution is -0.143. The fraction of sp³-hybridized carbons (Fsp3) is 0.474. The minimum absolute atomic E-state index is 0.197. The highest BCUT2D eigenvalue weighted by molar-refractivity contribution is 6.09. The molecule has 27 heavy (non-hydrogen) atoms. The number of amides is 4. The van der Waals surface area contributed by atoms with Crippen molar-refractivity contribution in [3.05, 3.63) is 35.4 Å². The van der Waals surface area contributed by atoms with E-state index in [0.717, 1.165) is 10.5 Å². The number of hydrogen-bond acceptors (Lipinski definition) is 5. The minimum atomic E-state index is -1.20. The normalized spacial score (nSPS) is 19.0. The first kappa shape index (κ1) is 20.4. The van der Waals surface area contributed by atoms with E-state index >= 15 is 0 Å². The molecule has 0 bridgehead atoms. The van der Waals surface area contributed by atoms with Crippen LogP contribution in [0, 0.1) is 6.92 Å². The number of ether oxygens (including phenoxy) is 1. The van der Waals surface area contributed by atoms with Gasteiger partial charge in [-0.25, -0.2) is 4.79 Å². The average Bonchev–Trinajstić information content (AvgIpc) is 2.83. The molecule has 146 valence electrons. The van der Waals surface area contributed by atoms with Crippen molar-refractivity contribution < 1.29 is 23.9 Å². The van der Waals surface area contributed by atoms with Crippen molar-refractivity contribution in [3.63, 3.8) is 0 Å². The minimum Gasteiger partial charge on any atom is -0.466 e. The van der Waals surface area contributed by atoms with Gasteiger partial charge in [0.2, 0.25) is 5.91 Å². The quantitative estimate of drug-likeness (QED) is 0.404. The number of imide groups is 1. The third kappa shape index (κ3) is 4.84. The number of aryl methyl sites for hydroxylation is 1. The third-order valence-electron chi connectivity index (χ3n) is 4.39. The molecule has 1 fully saturated rings. The van der Waals surface area contributed by atoms with E-state index < -0.39 is 23.4 Å². The topological polar surface area (TPSA) is 105 Å². The molecule has 2 N–H and O–H groups in total. The van der Waals surface area contributed by atoms with Crippen molar-refractivity contribution in [3.8, 4) is 0 Å². The number of carbonyl (C=O) groups excluding carboxylic acids is 4. The van der Waals surface area contributed by atoms with Gasteiger partial charge >= 0.3 is 12.0 Å². The highest BCUT2D eigenvalue weighted by Crippen LogP contribution is 2.28. The van der Waals surface area contributed by atoms with Gasteiger partial charge in [0.05, 0.1) is 6.61 Å². The second-order valence-electron chi connectivity index (χ2n) is 6.57. The van der Waals surface area contributed by atoms with Gasteiger partial charge in [0.25, 0.3) is 5.91 Å². The van der Waals surface area contributed by atoms with Gasteiger partial charge in [-0.15, -0.1) is 0 Å². The summed E-state index contributed by atoms with van der Waals surface area (Å²) in [7, 11) is 0. The highest BCUT2D eigenvalue weighted by atomic mass is 16.5. The number of benzene rings is 1. The Kier molecular flexibility index (Phi) is 6.55. The molecule has 1 saturated heterocycles. The van der Waals surface area contributed by atoms with Crippen LogP contribution in [0.15, 0.2) is 24.3 Å². The molecule has 1 aromatic rings. The van der Waals surface area contributed by atoms with Gasteiger partial charge in [0.15, 0.2) is 0 Å². The number of esters is 1. The maximum Gasteiger partial charge on any atom is 0.325 e. The van der Waals surface area contributed by atoms with Crippen molar-refractivity contribution in [1.29, 1.82) is 0 Å². The Morgan fingerprint density at radius 2 is 1.89 bits per heavy atom. The van der Waals surface area contributed by atoms with Crippen LogP contribution in [0.1, 0.15) is 37.8 Å². The summed E-state index contributed by atoms with van der Waals surface area (Å²) in [5, 5.41) is 5.27. The first-order chi connectivity index (χ1) is 12.8. The SMILES string of the molecule is CCOC(=O)CCCNC(=O)CN1C(=O)N[C@](C)(c2ccc(C)cc2)C1=O. The molecule has 8 nitrogen and oxygen atoms in total. The highest BCUT2D eigenvalue weighted by Gasteiger charge is 2.49.